The van der Waals surface area contributed by atoms with E-state index in [2.05, 4.69) is 24.5 Å². The molecule has 0 aliphatic heterocycles. The van der Waals surface area contributed by atoms with E-state index in [-0.39, 0.29) is 11.9 Å². The van der Waals surface area contributed by atoms with Gasteiger partial charge in [0.1, 0.15) is 5.76 Å². The van der Waals surface area contributed by atoms with Crippen LogP contribution in [0.25, 0.3) is 0 Å². The molecule has 1 amide bonds. The minimum Gasteiger partial charge on any atom is -0.467 e. The first kappa shape index (κ1) is 16.8. The van der Waals surface area contributed by atoms with E-state index in [4.69, 9.17) is 4.42 Å². The molecule has 20 heavy (non-hydrogen) atoms. The number of nitrogens with one attached hydrogen (secondary N) is 2. The lowest BCUT2D eigenvalue weighted by molar-refractivity contribution is -0.123. The van der Waals surface area contributed by atoms with Gasteiger partial charge in [-0.15, -0.1) is 0 Å². The van der Waals surface area contributed by atoms with Crippen LogP contribution < -0.4 is 10.6 Å². The molecular weight excluding hydrogens is 252 g/mol. The van der Waals surface area contributed by atoms with Gasteiger partial charge in [0.05, 0.1) is 18.8 Å². The van der Waals surface area contributed by atoms with Crippen LogP contribution in [0.2, 0.25) is 0 Å². The molecule has 2 unspecified atom stereocenters. The quantitative estimate of drug-likeness (QED) is 0.692. The molecule has 0 aliphatic rings. The molecule has 0 radical (unpaired) electrons. The van der Waals surface area contributed by atoms with Crippen LogP contribution in [0.4, 0.5) is 0 Å². The summed E-state index contributed by atoms with van der Waals surface area (Å²) < 4.78 is 5.19. The van der Waals surface area contributed by atoms with Crippen molar-refractivity contribution in [3.8, 4) is 0 Å². The average Bonchev–Trinajstić information content (AvgIpc) is 2.98. The van der Waals surface area contributed by atoms with Gasteiger partial charge in [-0.25, -0.2) is 0 Å². The SMILES string of the molecule is CCCCC(CC)CNC(C)C(=O)NCc1ccco1. The molecule has 0 aliphatic carbocycles. The van der Waals surface area contributed by atoms with Gasteiger partial charge < -0.3 is 15.1 Å². The maximum atomic E-state index is 11.9. The van der Waals surface area contributed by atoms with E-state index in [9.17, 15) is 4.79 Å². The third-order valence-corrected chi connectivity index (χ3v) is 3.67. The molecule has 0 bridgehead atoms. The Morgan fingerprint density at radius 1 is 1.40 bits per heavy atom. The second-order valence-electron chi connectivity index (χ2n) is 5.34. The van der Waals surface area contributed by atoms with Crippen LogP contribution in [0.15, 0.2) is 22.8 Å². The highest BCUT2D eigenvalue weighted by molar-refractivity contribution is 5.81. The Hall–Kier alpha value is -1.29. The normalized spacial score (nSPS) is 13.9. The standard InChI is InChI=1S/C16H28N2O2/c1-4-6-8-14(5-2)11-17-13(3)16(19)18-12-15-9-7-10-20-15/h7,9-10,13-14,17H,4-6,8,11-12H2,1-3H3,(H,18,19). The molecule has 1 heterocycles. The first-order valence-electron chi connectivity index (χ1n) is 7.70. The summed E-state index contributed by atoms with van der Waals surface area (Å²) in [5.41, 5.74) is 0. The van der Waals surface area contributed by atoms with Gasteiger partial charge in [0.25, 0.3) is 0 Å². The van der Waals surface area contributed by atoms with Crippen LogP contribution in [0.1, 0.15) is 52.2 Å². The molecule has 0 spiro atoms. The Bertz CT molecular complexity index is 363. The van der Waals surface area contributed by atoms with Crippen molar-refractivity contribution < 1.29 is 9.21 Å². The number of hydrogen-bond donors (Lipinski definition) is 2. The summed E-state index contributed by atoms with van der Waals surface area (Å²) in [6.45, 7) is 7.69. The fraction of sp³-hybridized carbons (Fsp3) is 0.688. The first-order chi connectivity index (χ1) is 9.67. The molecule has 1 aromatic rings. The Kier molecular flexibility index (Phi) is 8.04. The highest BCUT2D eigenvalue weighted by Crippen LogP contribution is 2.11. The van der Waals surface area contributed by atoms with Crippen LogP contribution in [0.3, 0.4) is 0 Å². The van der Waals surface area contributed by atoms with Gasteiger partial charge in [0.15, 0.2) is 0 Å². The second-order valence-corrected chi connectivity index (χ2v) is 5.34. The highest BCUT2D eigenvalue weighted by atomic mass is 16.3. The van der Waals surface area contributed by atoms with E-state index in [0.29, 0.717) is 12.5 Å². The third-order valence-electron chi connectivity index (χ3n) is 3.67. The van der Waals surface area contributed by atoms with Crippen LogP contribution in [-0.4, -0.2) is 18.5 Å². The fourth-order valence-electron chi connectivity index (χ4n) is 2.12. The van der Waals surface area contributed by atoms with Crippen LogP contribution >= 0.6 is 0 Å². The molecule has 4 heteroatoms. The zero-order valence-electron chi connectivity index (χ0n) is 12.9. The van der Waals surface area contributed by atoms with Crippen LogP contribution in [0, 0.1) is 5.92 Å². The van der Waals surface area contributed by atoms with Gasteiger partial charge in [0, 0.05) is 0 Å². The Morgan fingerprint density at radius 3 is 2.80 bits per heavy atom. The Labute approximate surface area is 122 Å². The van der Waals surface area contributed by atoms with Gasteiger partial charge in [-0.2, -0.15) is 0 Å². The first-order valence-corrected chi connectivity index (χ1v) is 7.70. The van der Waals surface area contributed by atoms with E-state index in [1.165, 1.54) is 19.3 Å². The van der Waals surface area contributed by atoms with Crippen molar-refractivity contribution in [2.45, 2.75) is 59.0 Å². The maximum Gasteiger partial charge on any atom is 0.237 e. The summed E-state index contributed by atoms with van der Waals surface area (Å²) in [6, 6.07) is 3.51. The number of rotatable bonds is 10. The average molecular weight is 280 g/mol. The molecule has 2 N–H and O–H groups in total. The molecule has 114 valence electrons. The van der Waals surface area contributed by atoms with Gasteiger partial charge in [-0.05, 0) is 37.9 Å². The number of carbonyl (C=O) groups excluding carboxylic acids is 1. The predicted octanol–water partition coefficient (Wildman–Crippen LogP) is 3.09. The molecule has 1 aromatic heterocycles. The monoisotopic (exact) mass is 280 g/mol. The van der Waals surface area contributed by atoms with Gasteiger partial charge in [-0.1, -0.05) is 33.1 Å². The summed E-state index contributed by atoms with van der Waals surface area (Å²) in [5, 5.41) is 6.20. The molecule has 4 nitrogen and oxygen atoms in total. The fourth-order valence-corrected chi connectivity index (χ4v) is 2.12. The third kappa shape index (κ3) is 6.24. The Morgan fingerprint density at radius 2 is 2.20 bits per heavy atom. The van der Waals surface area contributed by atoms with Crippen molar-refractivity contribution in [1.29, 1.82) is 0 Å². The second kappa shape index (κ2) is 9.59. The van der Waals surface area contributed by atoms with Gasteiger partial charge in [-0.3, -0.25) is 4.79 Å². The van der Waals surface area contributed by atoms with Crippen molar-refractivity contribution in [2.24, 2.45) is 5.92 Å². The molecule has 0 saturated carbocycles. The minimum atomic E-state index is -0.166. The van der Waals surface area contributed by atoms with Crippen molar-refractivity contribution in [3.05, 3.63) is 24.2 Å². The zero-order chi connectivity index (χ0) is 14.8. The van der Waals surface area contributed by atoms with E-state index in [1.807, 2.05) is 19.1 Å². The predicted molar refractivity (Wildman–Crippen MR) is 81.3 cm³/mol. The molecule has 0 fully saturated rings. The van der Waals surface area contributed by atoms with Crippen molar-refractivity contribution in [1.82, 2.24) is 10.6 Å². The van der Waals surface area contributed by atoms with Gasteiger partial charge >= 0.3 is 0 Å². The van der Waals surface area contributed by atoms with E-state index < -0.39 is 0 Å². The van der Waals surface area contributed by atoms with E-state index in [0.717, 1.165) is 18.7 Å². The lowest BCUT2D eigenvalue weighted by Crippen LogP contribution is -2.43. The molecule has 0 saturated heterocycles. The van der Waals surface area contributed by atoms with Crippen LogP contribution in [-0.2, 0) is 11.3 Å². The summed E-state index contributed by atoms with van der Waals surface area (Å²) in [6.07, 6.45) is 6.51. The van der Waals surface area contributed by atoms with E-state index >= 15 is 0 Å². The number of furan rings is 1. The lowest BCUT2D eigenvalue weighted by Gasteiger charge is -2.19. The Balaban J connectivity index is 2.23. The lowest BCUT2D eigenvalue weighted by atomic mass is 9.99. The number of unbranched alkanes of at least 4 members (excludes halogenated alkanes) is 1. The molecule has 1 rings (SSSR count). The number of amides is 1. The van der Waals surface area contributed by atoms with Crippen molar-refractivity contribution in [3.63, 3.8) is 0 Å². The molecule has 2 atom stereocenters. The smallest absolute Gasteiger partial charge is 0.237 e. The van der Waals surface area contributed by atoms with Crippen molar-refractivity contribution in [2.75, 3.05) is 6.54 Å². The number of hydrogen-bond acceptors (Lipinski definition) is 3. The zero-order valence-corrected chi connectivity index (χ0v) is 12.9. The van der Waals surface area contributed by atoms with Gasteiger partial charge in [0.2, 0.25) is 5.91 Å². The topological polar surface area (TPSA) is 54.3 Å². The van der Waals surface area contributed by atoms with Crippen LogP contribution in [0.5, 0.6) is 0 Å². The largest absolute Gasteiger partial charge is 0.467 e. The summed E-state index contributed by atoms with van der Waals surface area (Å²) in [5.74, 6) is 1.46. The highest BCUT2D eigenvalue weighted by Gasteiger charge is 2.14. The van der Waals surface area contributed by atoms with Crippen molar-refractivity contribution >= 4 is 5.91 Å². The summed E-state index contributed by atoms with van der Waals surface area (Å²) in [7, 11) is 0. The maximum absolute atomic E-state index is 11.9. The minimum absolute atomic E-state index is 0.0201. The number of carbonyl (C=O) groups is 1. The molecular formula is C16H28N2O2. The van der Waals surface area contributed by atoms with E-state index in [1.54, 1.807) is 6.26 Å². The molecule has 0 aromatic carbocycles. The summed E-state index contributed by atoms with van der Waals surface area (Å²) in [4.78, 5) is 11.9. The summed E-state index contributed by atoms with van der Waals surface area (Å²) >= 11 is 0.